The Balaban J connectivity index is 1.70. The number of hydrogen-bond acceptors (Lipinski definition) is 3. The van der Waals surface area contributed by atoms with Crippen molar-refractivity contribution in [1.82, 2.24) is 4.90 Å². The largest absolute Gasteiger partial charge is 0.384 e. The van der Waals surface area contributed by atoms with Gasteiger partial charge in [0.1, 0.15) is 5.82 Å². The third kappa shape index (κ3) is 4.80. The van der Waals surface area contributed by atoms with E-state index in [-0.39, 0.29) is 5.82 Å². The molecule has 19 heavy (non-hydrogen) atoms. The highest BCUT2D eigenvalue weighted by Crippen LogP contribution is 2.13. The van der Waals surface area contributed by atoms with Crippen molar-refractivity contribution in [2.24, 2.45) is 0 Å². The van der Waals surface area contributed by atoms with Gasteiger partial charge >= 0.3 is 0 Å². The summed E-state index contributed by atoms with van der Waals surface area (Å²) in [5.41, 5.74) is 0.846. The first-order valence-corrected chi connectivity index (χ1v) is 7.11. The minimum atomic E-state index is -0.195. The Morgan fingerprint density at radius 2 is 2.37 bits per heavy atom. The number of piperidine rings is 1. The van der Waals surface area contributed by atoms with Crippen molar-refractivity contribution in [2.75, 3.05) is 38.1 Å². The number of hydrogen-bond donors (Lipinski definition) is 1. The van der Waals surface area contributed by atoms with Gasteiger partial charge in [-0.3, -0.25) is 4.90 Å². The van der Waals surface area contributed by atoms with Crippen LogP contribution in [0.4, 0.5) is 10.1 Å². The Bertz CT molecular complexity index is 384. The highest BCUT2D eigenvalue weighted by Gasteiger charge is 2.19. The van der Waals surface area contributed by atoms with Gasteiger partial charge in [0.15, 0.2) is 0 Å². The molecule has 4 heteroatoms. The van der Waals surface area contributed by atoms with E-state index < -0.39 is 0 Å². The van der Waals surface area contributed by atoms with E-state index in [0.29, 0.717) is 6.10 Å². The fourth-order valence-corrected chi connectivity index (χ4v) is 2.54. The maximum Gasteiger partial charge on any atom is 0.125 e. The fourth-order valence-electron chi connectivity index (χ4n) is 2.54. The van der Waals surface area contributed by atoms with Gasteiger partial charge in [0.2, 0.25) is 0 Å². The van der Waals surface area contributed by atoms with Gasteiger partial charge in [-0.05, 0) is 44.5 Å². The average molecular weight is 266 g/mol. The van der Waals surface area contributed by atoms with Crippen LogP contribution < -0.4 is 5.32 Å². The molecule has 1 N–H and O–H groups in total. The normalized spacial score (nSPS) is 20.4. The molecule has 0 radical (unpaired) electrons. The topological polar surface area (TPSA) is 24.5 Å². The quantitative estimate of drug-likeness (QED) is 0.857. The highest BCUT2D eigenvalue weighted by molar-refractivity contribution is 5.42. The minimum Gasteiger partial charge on any atom is -0.384 e. The van der Waals surface area contributed by atoms with Gasteiger partial charge in [-0.25, -0.2) is 4.39 Å². The molecule has 1 saturated heterocycles. The van der Waals surface area contributed by atoms with Gasteiger partial charge in [0, 0.05) is 31.9 Å². The SMILES string of the molecule is CCOC1CCCN(CCNc2cccc(F)c2)C1. The molecule has 1 unspecified atom stereocenters. The number of rotatable bonds is 6. The standard InChI is InChI=1S/C15H23FN2O/c1-2-19-15-7-4-9-18(12-15)10-8-17-14-6-3-5-13(16)11-14/h3,5-6,11,15,17H,2,4,7-10,12H2,1H3. The van der Waals surface area contributed by atoms with Crippen molar-refractivity contribution in [3.8, 4) is 0 Å². The summed E-state index contributed by atoms with van der Waals surface area (Å²) in [6.07, 6.45) is 2.75. The number of nitrogens with one attached hydrogen (secondary N) is 1. The Labute approximate surface area is 114 Å². The van der Waals surface area contributed by atoms with Crippen LogP contribution in [0.2, 0.25) is 0 Å². The van der Waals surface area contributed by atoms with Crippen molar-refractivity contribution < 1.29 is 9.13 Å². The summed E-state index contributed by atoms with van der Waals surface area (Å²) < 4.78 is 18.7. The first-order chi connectivity index (χ1) is 9.28. The van der Waals surface area contributed by atoms with Crippen LogP contribution in [0.15, 0.2) is 24.3 Å². The lowest BCUT2D eigenvalue weighted by molar-refractivity contribution is 0.00716. The third-order valence-corrected chi connectivity index (χ3v) is 3.45. The van der Waals surface area contributed by atoms with Crippen molar-refractivity contribution in [2.45, 2.75) is 25.9 Å². The Morgan fingerprint density at radius 1 is 1.47 bits per heavy atom. The molecule has 0 bridgehead atoms. The summed E-state index contributed by atoms with van der Waals surface area (Å²) in [7, 11) is 0. The minimum absolute atomic E-state index is 0.195. The molecule has 2 rings (SSSR count). The number of halogens is 1. The van der Waals surface area contributed by atoms with Crippen LogP contribution in [0.3, 0.4) is 0 Å². The number of nitrogens with zero attached hydrogens (tertiary/aromatic N) is 1. The second-order valence-electron chi connectivity index (χ2n) is 4.96. The van der Waals surface area contributed by atoms with E-state index >= 15 is 0 Å². The van der Waals surface area contributed by atoms with Gasteiger partial charge in [0.05, 0.1) is 6.10 Å². The van der Waals surface area contributed by atoms with Crippen LogP contribution in [0.5, 0.6) is 0 Å². The predicted octanol–water partition coefficient (Wildman–Crippen LogP) is 2.74. The molecule has 0 spiro atoms. The molecule has 1 heterocycles. The zero-order chi connectivity index (χ0) is 13.5. The summed E-state index contributed by atoms with van der Waals surface area (Å²) in [4.78, 5) is 2.41. The van der Waals surface area contributed by atoms with Gasteiger partial charge < -0.3 is 10.1 Å². The van der Waals surface area contributed by atoms with Crippen LogP contribution in [-0.4, -0.2) is 43.8 Å². The fraction of sp³-hybridized carbons (Fsp3) is 0.600. The van der Waals surface area contributed by atoms with Gasteiger partial charge in [-0.1, -0.05) is 6.07 Å². The summed E-state index contributed by atoms with van der Waals surface area (Å²) in [5, 5.41) is 3.26. The van der Waals surface area contributed by atoms with E-state index in [2.05, 4.69) is 10.2 Å². The van der Waals surface area contributed by atoms with Crippen LogP contribution in [-0.2, 0) is 4.74 Å². The molecule has 0 saturated carbocycles. The van der Waals surface area contributed by atoms with Crippen molar-refractivity contribution >= 4 is 5.69 Å². The monoisotopic (exact) mass is 266 g/mol. The Morgan fingerprint density at radius 3 is 3.16 bits per heavy atom. The summed E-state index contributed by atoms with van der Waals surface area (Å²) in [5.74, 6) is -0.195. The zero-order valence-electron chi connectivity index (χ0n) is 11.6. The van der Waals surface area contributed by atoms with Crippen molar-refractivity contribution in [3.63, 3.8) is 0 Å². The van der Waals surface area contributed by atoms with E-state index in [4.69, 9.17) is 4.74 Å². The summed E-state index contributed by atoms with van der Waals surface area (Å²) in [6.45, 7) is 6.79. The Hall–Kier alpha value is -1.13. The first-order valence-electron chi connectivity index (χ1n) is 7.11. The number of ether oxygens (including phenoxy) is 1. The summed E-state index contributed by atoms with van der Waals surface area (Å²) >= 11 is 0. The third-order valence-electron chi connectivity index (χ3n) is 3.45. The maximum absolute atomic E-state index is 13.0. The molecule has 1 aliphatic rings. The van der Waals surface area contributed by atoms with E-state index in [0.717, 1.165) is 38.5 Å². The second kappa shape index (κ2) is 7.46. The second-order valence-corrected chi connectivity index (χ2v) is 4.96. The van der Waals surface area contributed by atoms with E-state index in [1.54, 1.807) is 6.07 Å². The van der Waals surface area contributed by atoms with Crippen molar-refractivity contribution in [3.05, 3.63) is 30.1 Å². The molecular formula is C15H23FN2O. The molecule has 0 aromatic heterocycles. The van der Waals surface area contributed by atoms with Crippen LogP contribution in [0, 0.1) is 5.82 Å². The average Bonchev–Trinajstić information content (AvgIpc) is 2.40. The number of anilines is 1. The molecule has 0 aliphatic carbocycles. The lowest BCUT2D eigenvalue weighted by Gasteiger charge is -2.32. The van der Waals surface area contributed by atoms with Crippen LogP contribution in [0.25, 0.3) is 0 Å². The first kappa shape index (κ1) is 14.3. The maximum atomic E-state index is 13.0. The van der Waals surface area contributed by atoms with Gasteiger partial charge in [0.25, 0.3) is 0 Å². The summed E-state index contributed by atoms with van der Waals surface area (Å²) in [6, 6.07) is 6.60. The molecule has 1 fully saturated rings. The smallest absolute Gasteiger partial charge is 0.125 e. The molecule has 0 amide bonds. The van der Waals surface area contributed by atoms with Crippen LogP contribution in [0.1, 0.15) is 19.8 Å². The molecule has 1 aromatic carbocycles. The van der Waals surface area contributed by atoms with E-state index in [1.165, 1.54) is 25.0 Å². The van der Waals surface area contributed by atoms with Crippen LogP contribution >= 0.6 is 0 Å². The van der Waals surface area contributed by atoms with Crippen molar-refractivity contribution in [1.29, 1.82) is 0 Å². The molecular weight excluding hydrogens is 243 g/mol. The van der Waals surface area contributed by atoms with E-state index in [1.807, 2.05) is 13.0 Å². The number of benzene rings is 1. The van der Waals surface area contributed by atoms with E-state index in [9.17, 15) is 4.39 Å². The molecule has 3 nitrogen and oxygen atoms in total. The lowest BCUT2D eigenvalue weighted by atomic mass is 10.1. The van der Waals surface area contributed by atoms with Gasteiger partial charge in [-0.15, -0.1) is 0 Å². The Kier molecular flexibility index (Phi) is 5.61. The number of likely N-dealkylation sites (tertiary alicyclic amines) is 1. The lowest BCUT2D eigenvalue weighted by Crippen LogP contribution is -2.41. The molecule has 1 atom stereocenters. The zero-order valence-corrected chi connectivity index (χ0v) is 11.6. The molecule has 1 aromatic rings. The van der Waals surface area contributed by atoms with Gasteiger partial charge in [-0.2, -0.15) is 0 Å². The molecule has 1 aliphatic heterocycles. The molecule has 106 valence electrons. The highest BCUT2D eigenvalue weighted by atomic mass is 19.1. The predicted molar refractivity (Wildman–Crippen MR) is 76.0 cm³/mol.